The van der Waals surface area contributed by atoms with E-state index in [0.717, 1.165) is 5.69 Å². The second kappa shape index (κ2) is 4.67. The predicted molar refractivity (Wildman–Crippen MR) is 63.3 cm³/mol. The molecule has 0 unspecified atom stereocenters. The molecular weight excluding hydrogens is 238 g/mol. The summed E-state index contributed by atoms with van der Waals surface area (Å²) in [5, 5.41) is 4.05. The summed E-state index contributed by atoms with van der Waals surface area (Å²) >= 11 is 0. The van der Waals surface area contributed by atoms with Crippen molar-refractivity contribution in [3.63, 3.8) is 0 Å². The van der Waals surface area contributed by atoms with Gasteiger partial charge in [0.25, 0.3) is 0 Å². The summed E-state index contributed by atoms with van der Waals surface area (Å²) in [5.74, 6) is 0.0290. The topological polar surface area (TPSA) is 64.8 Å². The summed E-state index contributed by atoms with van der Waals surface area (Å²) in [6.45, 7) is 2.25. The number of pyridine rings is 1. The molecule has 0 aliphatic carbocycles. The Balaban J connectivity index is 2.12. The maximum atomic E-state index is 12.0. The van der Waals surface area contributed by atoms with Gasteiger partial charge in [-0.05, 0) is 25.1 Å². The molecule has 2 aromatic rings. The van der Waals surface area contributed by atoms with E-state index in [-0.39, 0.29) is 10.6 Å². The van der Waals surface area contributed by atoms with Gasteiger partial charge in [-0.25, -0.2) is 8.42 Å². The van der Waals surface area contributed by atoms with Gasteiger partial charge < -0.3 is 0 Å². The first kappa shape index (κ1) is 11.8. The normalized spacial score (nSPS) is 11.6. The average Bonchev–Trinajstić information content (AvgIpc) is 2.74. The fourth-order valence-corrected chi connectivity index (χ4v) is 2.64. The molecule has 0 radical (unpaired) electrons. The zero-order chi connectivity index (χ0) is 12.3. The quantitative estimate of drug-likeness (QED) is 0.815. The van der Waals surface area contributed by atoms with E-state index in [2.05, 4.69) is 10.1 Å². The molecule has 0 fully saturated rings. The molecule has 0 spiro atoms. The van der Waals surface area contributed by atoms with Crippen LogP contribution in [0.3, 0.4) is 0 Å². The van der Waals surface area contributed by atoms with E-state index in [0.29, 0.717) is 6.54 Å². The highest BCUT2D eigenvalue weighted by molar-refractivity contribution is 7.91. The van der Waals surface area contributed by atoms with E-state index in [1.807, 2.05) is 13.0 Å². The Morgan fingerprint density at radius 1 is 1.29 bits per heavy atom. The summed E-state index contributed by atoms with van der Waals surface area (Å²) in [6, 6.07) is 5.01. The molecule has 2 rings (SSSR count). The first-order valence-corrected chi connectivity index (χ1v) is 6.86. The molecule has 0 atom stereocenters. The fraction of sp³-hybridized carbons (Fsp3) is 0.273. The van der Waals surface area contributed by atoms with Crippen molar-refractivity contribution < 1.29 is 8.42 Å². The van der Waals surface area contributed by atoms with E-state index >= 15 is 0 Å². The van der Waals surface area contributed by atoms with Crippen molar-refractivity contribution in [3.8, 4) is 0 Å². The summed E-state index contributed by atoms with van der Waals surface area (Å²) < 4.78 is 25.6. The molecule has 2 heterocycles. The lowest BCUT2D eigenvalue weighted by Crippen LogP contribution is -2.15. The molecule has 0 aliphatic heterocycles. The number of hydrogen-bond acceptors (Lipinski definition) is 4. The van der Waals surface area contributed by atoms with Crippen LogP contribution in [0.1, 0.15) is 5.69 Å². The van der Waals surface area contributed by atoms with Crippen LogP contribution in [0.2, 0.25) is 0 Å². The van der Waals surface area contributed by atoms with Crippen molar-refractivity contribution in [1.82, 2.24) is 14.8 Å². The minimum Gasteiger partial charge on any atom is -0.269 e. The number of aryl methyl sites for hydroxylation is 2. The van der Waals surface area contributed by atoms with Crippen LogP contribution in [0, 0.1) is 6.92 Å². The van der Waals surface area contributed by atoms with Crippen LogP contribution in [0.5, 0.6) is 0 Å². The predicted octanol–water partition coefficient (Wildman–Crippen LogP) is 1.06. The molecule has 0 saturated carbocycles. The Labute approximate surface area is 100 Å². The zero-order valence-electron chi connectivity index (χ0n) is 9.44. The number of rotatable bonds is 4. The molecule has 0 amide bonds. The van der Waals surface area contributed by atoms with Crippen LogP contribution in [0.15, 0.2) is 41.7 Å². The zero-order valence-corrected chi connectivity index (χ0v) is 10.3. The van der Waals surface area contributed by atoms with Gasteiger partial charge in [0.15, 0.2) is 9.84 Å². The largest absolute Gasteiger partial charge is 0.269 e. The van der Waals surface area contributed by atoms with E-state index in [4.69, 9.17) is 0 Å². The maximum absolute atomic E-state index is 12.0. The standard InChI is InChI=1S/C11H13N3O2S/c1-10-4-6-13-14(10)7-8-17(15,16)11-3-2-5-12-9-11/h2-6,9H,7-8H2,1H3. The number of hydrogen-bond donors (Lipinski definition) is 0. The molecule has 0 bridgehead atoms. The third-order valence-corrected chi connectivity index (χ3v) is 4.17. The van der Waals surface area contributed by atoms with E-state index in [1.165, 1.54) is 6.20 Å². The molecule has 0 aliphatic rings. The van der Waals surface area contributed by atoms with Gasteiger partial charge in [0.1, 0.15) is 0 Å². The van der Waals surface area contributed by atoms with Crippen LogP contribution >= 0.6 is 0 Å². The second-order valence-corrected chi connectivity index (χ2v) is 5.81. The van der Waals surface area contributed by atoms with Gasteiger partial charge in [-0.2, -0.15) is 5.10 Å². The minimum atomic E-state index is -3.28. The first-order chi connectivity index (χ1) is 8.09. The van der Waals surface area contributed by atoms with E-state index in [1.54, 1.807) is 29.2 Å². The summed E-state index contributed by atoms with van der Waals surface area (Å²) in [6.07, 6.45) is 4.58. The molecule has 5 nitrogen and oxygen atoms in total. The Morgan fingerprint density at radius 3 is 2.71 bits per heavy atom. The Morgan fingerprint density at radius 2 is 2.12 bits per heavy atom. The molecule has 90 valence electrons. The number of aromatic nitrogens is 3. The van der Waals surface area contributed by atoms with Crippen LogP contribution in [0.25, 0.3) is 0 Å². The minimum absolute atomic E-state index is 0.0290. The third-order valence-electron chi connectivity index (χ3n) is 2.49. The summed E-state index contributed by atoms with van der Waals surface area (Å²) in [7, 11) is -3.28. The van der Waals surface area contributed by atoms with Gasteiger partial charge in [-0.15, -0.1) is 0 Å². The second-order valence-electron chi connectivity index (χ2n) is 3.70. The average molecular weight is 251 g/mol. The fourth-order valence-electron chi connectivity index (χ4n) is 1.49. The SMILES string of the molecule is Cc1ccnn1CCS(=O)(=O)c1cccnc1. The lowest BCUT2D eigenvalue weighted by Gasteiger charge is -2.05. The molecule has 0 saturated heterocycles. The van der Waals surface area contributed by atoms with Crippen LogP contribution < -0.4 is 0 Å². The van der Waals surface area contributed by atoms with Gasteiger partial charge in [0, 0.05) is 24.3 Å². The number of sulfone groups is 1. The number of nitrogens with zero attached hydrogens (tertiary/aromatic N) is 3. The van der Waals surface area contributed by atoms with Crippen molar-refractivity contribution in [2.24, 2.45) is 0 Å². The van der Waals surface area contributed by atoms with Gasteiger partial charge in [0.05, 0.1) is 17.2 Å². The van der Waals surface area contributed by atoms with Gasteiger partial charge in [-0.1, -0.05) is 0 Å². The van der Waals surface area contributed by atoms with Gasteiger partial charge in [-0.3, -0.25) is 9.67 Å². The summed E-state index contributed by atoms with van der Waals surface area (Å²) in [5.41, 5.74) is 0.950. The van der Waals surface area contributed by atoms with Crippen molar-refractivity contribution in [1.29, 1.82) is 0 Å². The Hall–Kier alpha value is -1.69. The molecule has 17 heavy (non-hydrogen) atoms. The first-order valence-electron chi connectivity index (χ1n) is 5.21. The molecule has 0 N–H and O–H groups in total. The third kappa shape index (κ3) is 2.71. The van der Waals surface area contributed by atoms with E-state index in [9.17, 15) is 8.42 Å². The monoisotopic (exact) mass is 251 g/mol. The Kier molecular flexibility index (Phi) is 3.23. The van der Waals surface area contributed by atoms with Crippen LogP contribution in [-0.2, 0) is 16.4 Å². The summed E-state index contributed by atoms with van der Waals surface area (Å²) in [4.78, 5) is 4.07. The van der Waals surface area contributed by atoms with Crippen molar-refractivity contribution in [2.75, 3.05) is 5.75 Å². The molecule has 6 heteroatoms. The lowest BCUT2D eigenvalue weighted by molar-refractivity contribution is 0.577. The highest BCUT2D eigenvalue weighted by atomic mass is 32.2. The molecule has 2 aromatic heterocycles. The smallest absolute Gasteiger partial charge is 0.181 e. The van der Waals surface area contributed by atoms with Gasteiger partial charge in [0.2, 0.25) is 0 Å². The highest BCUT2D eigenvalue weighted by Gasteiger charge is 2.14. The van der Waals surface area contributed by atoms with E-state index < -0.39 is 9.84 Å². The van der Waals surface area contributed by atoms with Crippen molar-refractivity contribution in [2.45, 2.75) is 18.4 Å². The molecule has 0 aromatic carbocycles. The van der Waals surface area contributed by atoms with Crippen LogP contribution in [-0.4, -0.2) is 28.9 Å². The maximum Gasteiger partial charge on any atom is 0.181 e. The Bertz CT molecular complexity index is 590. The highest BCUT2D eigenvalue weighted by Crippen LogP contribution is 2.09. The van der Waals surface area contributed by atoms with Gasteiger partial charge >= 0.3 is 0 Å². The van der Waals surface area contributed by atoms with Crippen molar-refractivity contribution in [3.05, 3.63) is 42.5 Å². The van der Waals surface area contributed by atoms with Crippen molar-refractivity contribution >= 4 is 9.84 Å². The van der Waals surface area contributed by atoms with Crippen LogP contribution in [0.4, 0.5) is 0 Å². The lowest BCUT2D eigenvalue weighted by atomic mass is 10.5. The molecular formula is C11H13N3O2S.